The van der Waals surface area contributed by atoms with E-state index in [2.05, 4.69) is 4.52 Å². The van der Waals surface area contributed by atoms with Crippen LogP contribution in [0.4, 0.5) is 0 Å². The Morgan fingerprint density at radius 2 is 2.30 bits per heavy atom. The molecule has 58 valence electrons. The molecule has 0 heterocycles. The van der Waals surface area contributed by atoms with Crippen LogP contribution < -0.4 is 0 Å². The zero-order chi connectivity index (χ0) is 7.98. The Bertz CT molecular complexity index is 162. The van der Waals surface area contributed by atoms with Crippen LogP contribution in [0.3, 0.4) is 0 Å². The van der Waals surface area contributed by atoms with E-state index in [4.69, 9.17) is 0 Å². The summed E-state index contributed by atoms with van der Waals surface area (Å²) < 4.78 is 14.1. The molecule has 0 N–H and O–H groups in total. The number of carbonyl (C=O) groups excluding carboxylic acids is 1. The van der Waals surface area contributed by atoms with Gasteiger partial charge >= 0.3 is 5.97 Å². The minimum atomic E-state index is -1.42. The molecule has 3 nitrogen and oxygen atoms in total. The third-order valence-corrected chi connectivity index (χ3v) is 1.30. The summed E-state index contributed by atoms with van der Waals surface area (Å²) in [4.78, 5) is 10.7. The second-order valence-corrected chi connectivity index (χ2v) is 2.23. The predicted molar refractivity (Wildman–Crippen MR) is 40.5 cm³/mol. The van der Waals surface area contributed by atoms with E-state index in [1.54, 1.807) is 13.0 Å². The predicted octanol–water partition coefficient (Wildman–Crippen LogP) is 1.56. The Kier molecular flexibility index (Phi) is 4.95. The van der Waals surface area contributed by atoms with Gasteiger partial charge in [0.2, 0.25) is 8.69 Å². The smallest absolute Gasteiger partial charge is 0.338 e. The highest BCUT2D eigenvalue weighted by molar-refractivity contribution is 7.18. The number of carbonyl (C=O) groups is 1. The van der Waals surface area contributed by atoms with Gasteiger partial charge < -0.3 is 4.52 Å². The van der Waals surface area contributed by atoms with Crippen LogP contribution in [0.2, 0.25) is 0 Å². The van der Waals surface area contributed by atoms with Crippen LogP contribution in [0, 0.1) is 0 Å². The SMILES string of the molecule is CCC=C(C)C(=O)O[PH2]=O. The first-order chi connectivity index (χ1) is 4.72. The van der Waals surface area contributed by atoms with Gasteiger partial charge in [-0.3, -0.25) is 4.57 Å². The maximum Gasteiger partial charge on any atom is 0.338 e. The number of allylic oxidation sites excluding steroid dienone is 1. The lowest BCUT2D eigenvalue weighted by atomic mass is 10.2. The molecule has 0 aromatic rings. The van der Waals surface area contributed by atoms with Crippen molar-refractivity contribution >= 4 is 14.7 Å². The quantitative estimate of drug-likeness (QED) is 0.467. The van der Waals surface area contributed by atoms with Gasteiger partial charge in [-0.25, -0.2) is 4.79 Å². The molecule has 10 heavy (non-hydrogen) atoms. The highest BCUT2D eigenvalue weighted by Gasteiger charge is 2.01. The summed E-state index contributed by atoms with van der Waals surface area (Å²) in [7, 11) is -1.42. The largest absolute Gasteiger partial charge is 0.413 e. The molecule has 1 unspecified atom stereocenters. The monoisotopic (exact) mass is 162 g/mol. The molecule has 0 aliphatic heterocycles. The van der Waals surface area contributed by atoms with Crippen LogP contribution in [0.1, 0.15) is 20.3 Å². The van der Waals surface area contributed by atoms with Crippen molar-refractivity contribution in [3.05, 3.63) is 11.6 Å². The number of hydrogen-bond donors (Lipinski definition) is 0. The minimum Gasteiger partial charge on any atom is -0.413 e. The Morgan fingerprint density at radius 1 is 1.70 bits per heavy atom. The Morgan fingerprint density at radius 3 is 2.70 bits per heavy atom. The van der Waals surface area contributed by atoms with Crippen molar-refractivity contribution in [1.29, 1.82) is 0 Å². The summed E-state index contributed by atoms with van der Waals surface area (Å²) in [5, 5.41) is 0. The fraction of sp³-hybridized carbons (Fsp3) is 0.500. The van der Waals surface area contributed by atoms with Crippen molar-refractivity contribution in [2.75, 3.05) is 0 Å². The lowest BCUT2D eigenvalue weighted by Gasteiger charge is -1.94. The van der Waals surface area contributed by atoms with Crippen LogP contribution in [0.5, 0.6) is 0 Å². The van der Waals surface area contributed by atoms with Crippen LogP contribution in [0.25, 0.3) is 0 Å². The van der Waals surface area contributed by atoms with Crippen molar-refractivity contribution in [1.82, 2.24) is 0 Å². The molecule has 0 aliphatic carbocycles. The Balaban J connectivity index is 3.93. The Hall–Kier alpha value is -0.560. The van der Waals surface area contributed by atoms with Crippen molar-refractivity contribution < 1.29 is 13.9 Å². The van der Waals surface area contributed by atoms with E-state index >= 15 is 0 Å². The van der Waals surface area contributed by atoms with Crippen LogP contribution in [0.15, 0.2) is 11.6 Å². The summed E-state index contributed by atoms with van der Waals surface area (Å²) in [6, 6.07) is 0. The highest BCUT2D eigenvalue weighted by Crippen LogP contribution is 2.03. The van der Waals surface area contributed by atoms with Gasteiger partial charge in [-0.05, 0) is 13.3 Å². The van der Waals surface area contributed by atoms with Gasteiger partial charge in [0.05, 0.1) is 0 Å². The molecular formula is C6H11O3P. The van der Waals surface area contributed by atoms with Crippen LogP contribution in [-0.4, -0.2) is 5.97 Å². The fourth-order valence-corrected chi connectivity index (χ4v) is 0.799. The first-order valence-electron chi connectivity index (χ1n) is 3.03. The maximum absolute atomic E-state index is 10.7. The van der Waals surface area contributed by atoms with Crippen LogP contribution >= 0.6 is 8.69 Å². The highest BCUT2D eigenvalue weighted by atomic mass is 31.1. The maximum atomic E-state index is 10.7. The molecule has 1 atom stereocenters. The van der Waals surface area contributed by atoms with E-state index in [1.807, 2.05) is 6.92 Å². The fourth-order valence-electron chi connectivity index (χ4n) is 0.526. The van der Waals surface area contributed by atoms with Gasteiger partial charge in [0.1, 0.15) is 0 Å². The standard InChI is InChI=1S/C6H11O3P/c1-3-4-5(2)6(7)9-10-8/h4H,3,10H2,1-2H3. The summed E-state index contributed by atoms with van der Waals surface area (Å²) in [6.07, 6.45) is 2.52. The molecule has 0 aliphatic rings. The molecule has 4 heteroatoms. The average molecular weight is 162 g/mol. The van der Waals surface area contributed by atoms with Crippen molar-refractivity contribution in [3.63, 3.8) is 0 Å². The second kappa shape index (κ2) is 5.24. The number of hydrogen-bond acceptors (Lipinski definition) is 3. The first-order valence-corrected chi connectivity index (χ1v) is 3.98. The third-order valence-electron chi connectivity index (χ3n) is 0.987. The van der Waals surface area contributed by atoms with Crippen molar-refractivity contribution in [2.45, 2.75) is 20.3 Å². The van der Waals surface area contributed by atoms with Crippen molar-refractivity contribution in [3.8, 4) is 0 Å². The molecular weight excluding hydrogens is 151 g/mol. The van der Waals surface area contributed by atoms with E-state index in [0.717, 1.165) is 6.42 Å². The Labute approximate surface area is 61.4 Å². The van der Waals surface area contributed by atoms with Gasteiger partial charge in [-0.15, -0.1) is 0 Å². The van der Waals surface area contributed by atoms with Crippen molar-refractivity contribution in [2.24, 2.45) is 0 Å². The van der Waals surface area contributed by atoms with E-state index in [1.165, 1.54) is 0 Å². The van der Waals surface area contributed by atoms with Gasteiger partial charge in [-0.1, -0.05) is 13.0 Å². The zero-order valence-electron chi connectivity index (χ0n) is 6.09. The molecule has 0 fully saturated rings. The minimum absolute atomic E-state index is 0.480. The summed E-state index contributed by atoms with van der Waals surface area (Å²) in [5.41, 5.74) is 0.519. The van der Waals surface area contributed by atoms with Gasteiger partial charge in [0.15, 0.2) is 0 Å². The van der Waals surface area contributed by atoms with E-state index < -0.39 is 14.7 Å². The molecule has 0 spiro atoms. The van der Waals surface area contributed by atoms with Gasteiger partial charge in [-0.2, -0.15) is 0 Å². The lowest BCUT2D eigenvalue weighted by molar-refractivity contribution is -0.129. The number of rotatable bonds is 3. The van der Waals surface area contributed by atoms with E-state index in [-0.39, 0.29) is 0 Å². The van der Waals surface area contributed by atoms with Gasteiger partial charge in [0, 0.05) is 5.57 Å². The first kappa shape index (κ1) is 9.44. The topological polar surface area (TPSA) is 43.4 Å². The zero-order valence-corrected chi connectivity index (χ0v) is 7.24. The third kappa shape index (κ3) is 3.46. The molecule has 0 saturated heterocycles. The van der Waals surface area contributed by atoms with Crippen LogP contribution in [-0.2, 0) is 13.9 Å². The molecule has 0 saturated carbocycles. The summed E-state index contributed by atoms with van der Waals surface area (Å²) in [5.74, 6) is -0.480. The van der Waals surface area contributed by atoms with E-state index in [0.29, 0.717) is 5.57 Å². The molecule has 0 amide bonds. The average Bonchev–Trinajstić information content (AvgIpc) is 1.89. The second-order valence-electron chi connectivity index (χ2n) is 1.80. The normalized spacial score (nSPS) is 12.4. The summed E-state index contributed by atoms with van der Waals surface area (Å²) >= 11 is 0. The van der Waals surface area contributed by atoms with Gasteiger partial charge in [0.25, 0.3) is 0 Å². The summed E-state index contributed by atoms with van der Waals surface area (Å²) in [6.45, 7) is 3.56. The molecule has 0 rings (SSSR count). The van der Waals surface area contributed by atoms with E-state index in [9.17, 15) is 9.36 Å². The molecule has 0 radical (unpaired) electrons. The molecule has 0 aromatic carbocycles. The lowest BCUT2D eigenvalue weighted by Crippen LogP contribution is -1.97. The molecule has 0 aromatic heterocycles. The molecule has 0 bridgehead atoms.